The van der Waals surface area contributed by atoms with E-state index >= 15 is 0 Å². The van der Waals surface area contributed by atoms with Crippen LogP contribution in [0.5, 0.6) is 5.75 Å². The number of hydrogen-bond acceptors (Lipinski definition) is 3. The first kappa shape index (κ1) is 14.6. The molecule has 6 heteroatoms. The highest BCUT2D eigenvalue weighted by Gasteiger charge is 2.31. The number of hydrogen-bond donors (Lipinski definition) is 2. The molecule has 1 saturated carbocycles. The first-order chi connectivity index (χ1) is 9.65. The number of rotatable bonds is 6. The van der Waals surface area contributed by atoms with Crippen LogP contribution in [-0.4, -0.2) is 42.3 Å². The Hall–Kier alpha value is -1.82. The summed E-state index contributed by atoms with van der Waals surface area (Å²) in [5, 5.41) is 11.7. The molecular formula is C14H19FN2O3. The second kappa shape index (κ2) is 6.56. The molecule has 0 atom stereocenters. The summed E-state index contributed by atoms with van der Waals surface area (Å²) >= 11 is 0. The second-order valence-electron chi connectivity index (χ2n) is 4.78. The van der Waals surface area contributed by atoms with Gasteiger partial charge in [0, 0.05) is 19.1 Å². The monoisotopic (exact) mass is 282 g/mol. The predicted octanol–water partition coefficient (Wildman–Crippen LogP) is 1.50. The van der Waals surface area contributed by atoms with Crippen molar-refractivity contribution < 1.29 is 19.0 Å². The fraction of sp³-hybridized carbons (Fsp3) is 0.500. The number of methoxy groups -OCH3 is 1. The largest absolute Gasteiger partial charge is 0.494 e. The zero-order valence-corrected chi connectivity index (χ0v) is 11.4. The van der Waals surface area contributed by atoms with Crippen LogP contribution in [0.4, 0.5) is 9.18 Å². The van der Waals surface area contributed by atoms with Crippen molar-refractivity contribution in [3.8, 4) is 5.75 Å². The van der Waals surface area contributed by atoms with Crippen LogP contribution in [0.1, 0.15) is 18.4 Å². The fourth-order valence-corrected chi connectivity index (χ4v) is 2.04. The van der Waals surface area contributed by atoms with E-state index in [1.54, 1.807) is 11.0 Å². The third-order valence-electron chi connectivity index (χ3n) is 3.25. The Morgan fingerprint density at radius 1 is 1.55 bits per heavy atom. The van der Waals surface area contributed by atoms with Gasteiger partial charge in [-0.1, -0.05) is 6.07 Å². The molecule has 1 aliphatic rings. The molecule has 0 aliphatic heterocycles. The molecule has 20 heavy (non-hydrogen) atoms. The second-order valence-corrected chi connectivity index (χ2v) is 4.78. The van der Waals surface area contributed by atoms with Gasteiger partial charge >= 0.3 is 6.03 Å². The molecule has 1 aromatic carbocycles. The molecule has 2 N–H and O–H groups in total. The van der Waals surface area contributed by atoms with E-state index in [0.717, 1.165) is 12.8 Å². The van der Waals surface area contributed by atoms with Crippen molar-refractivity contribution in [2.24, 2.45) is 0 Å². The number of benzene rings is 1. The normalized spacial score (nSPS) is 13.9. The minimum atomic E-state index is -0.450. The molecule has 0 heterocycles. The van der Waals surface area contributed by atoms with E-state index in [0.29, 0.717) is 12.1 Å². The third-order valence-corrected chi connectivity index (χ3v) is 3.25. The zero-order valence-electron chi connectivity index (χ0n) is 11.4. The Kier molecular flexibility index (Phi) is 4.79. The Morgan fingerprint density at radius 2 is 2.30 bits per heavy atom. The summed E-state index contributed by atoms with van der Waals surface area (Å²) in [5.74, 6) is -0.270. The van der Waals surface area contributed by atoms with Crippen LogP contribution in [0.25, 0.3) is 0 Å². The molecule has 0 radical (unpaired) electrons. The fourth-order valence-electron chi connectivity index (χ4n) is 2.04. The summed E-state index contributed by atoms with van der Waals surface area (Å²) in [7, 11) is 1.41. The topological polar surface area (TPSA) is 61.8 Å². The molecule has 0 spiro atoms. The number of carbonyl (C=O) groups is 1. The molecule has 0 saturated heterocycles. The van der Waals surface area contributed by atoms with Crippen LogP contribution in [0, 0.1) is 5.82 Å². The summed E-state index contributed by atoms with van der Waals surface area (Å²) in [5.41, 5.74) is 0.663. The highest BCUT2D eigenvalue weighted by atomic mass is 19.1. The van der Waals surface area contributed by atoms with Crippen LogP contribution in [0.15, 0.2) is 18.2 Å². The van der Waals surface area contributed by atoms with Crippen LogP contribution >= 0.6 is 0 Å². The maximum absolute atomic E-state index is 13.5. The molecule has 2 amide bonds. The molecular weight excluding hydrogens is 263 g/mol. The van der Waals surface area contributed by atoms with Crippen LogP contribution in [-0.2, 0) is 6.54 Å². The number of ether oxygens (including phenoxy) is 1. The van der Waals surface area contributed by atoms with Gasteiger partial charge in [0.15, 0.2) is 11.6 Å². The summed E-state index contributed by atoms with van der Waals surface area (Å²) in [6.07, 6.45) is 1.95. The molecule has 110 valence electrons. The van der Waals surface area contributed by atoms with E-state index in [4.69, 9.17) is 9.84 Å². The predicted molar refractivity (Wildman–Crippen MR) is 72.0 cm³/mol. The summed E-state index contributed by atoms with van der Waals surface area (Å²) in [4.78, 5) is 13.6. The quantitative estimate of drug-likeness (QED) is 0.831. The number of halogens is 1. The van der Waals surface area contributed by atoms with Crippen molar-refractivity contribution in [1.29, 1.82) is 0 Å². The van der Waals surface area contributed by atoms with Gasteiger partial charge in [-0.2, -0.15) is 0 Å². The van der Waals surface area contributed by atoms with Crippen LogP contribution in [0.2, 0.25) is 0 Å². The lowest BCUT2D eigenvalue weighted by atomic mass is 10.2. The first-order valence-corrected chi connectivity index (χ1v) is 6.63. The summed E-state index contributed by atoms with van der Waals surface area (Å²) in [6, 6.07) is 4.58. The number of nitrogens with zero attached hydrogens (tertiary/aromatic N) is 1. The maximum Gasteiger partial charge on any atom is 0.317 e. The van der Waals surface area contributed by atoms with Gasteiger partial charge in [-0.3, -0.25) is 0 Å². The van der Waals surface area contributed by atoms with Gasteiger partial charge in [-0.15, -0.1) is 0 Å². The summed E-state index contributed by atoms with van der Waals surface area (Å²) in [6.45, 7) is 0.517. The van der Waals surface area contributed by atoms with E-state index < -0.39 is 5.82 Å². The minimum absolute atomic E-state index is 0.0545. The average molecular weight is 282 g/mol. The highest BCUT2D eigenvalue weighted by Crippen LogP contribution is 2.26. The van der Waals surface area contributed by atoms with Crippen LogP contribution in [0.3, 0.4) is 0 Å². The van der Waals surface area contributed by atoms with Crippen molar-refractivity contribution in [3.05, 3.63) is 29.6 Å². The lowest BCUT2D eigenvalue weighted by Crippen LogP contribution is -2.42. The molecule has 2 rings (SSSR count). The van der Waals surface area contributed by atoms with Gasteiger partial charge in [0.2, 0.25) is 0 Å². The Labute approximate surface area is 117 Å². The molecule has 0 bridgehead atoms. The van der Waals surface area contributed by atoms with E-state index in [2.05, 4.69) is 5.32 Å². The number of aliphatic hydroxyl groups excluding tert-OH is 1. The third kappa shape index (κ3) is 3.60. The first-order valence-electron chi connectivity index (χ1n) is 6.63. The lowest BCUT2D eigenvalue weighted by Gasteiger charge is -2.21. The van der Waals surface area contributed by atoms with E-state index in [1.807, 2.05) is 0 Å². The number of amides is 2. The number of nitrogens with one attached hydrogen (secondary N) is 1. The number of aliphatic hydroxyl groups is 1. The summed E-state index contributed by atoms with van der Waals surface area (Å²) < 4.78 is 18.3. The smallest absolute Gasteiger partial charge is 0.317 e. The van der Waals surface area contributed by atoms with Crippen molar-refractivity contribution in [2.45, 2.75) is 25.4 Å². The SMILES string of the molecule is COc1ccc(CNC(=O)N(CCO)C2CC2)cc1F. The van der Waals surface area contributed by atoms with Crippen molar-refractivity contribution in [3.63, 3.8) is 0 Å². The van der Waals surface area contributed by atoms with E-state index in [9.17, 15) is 9.18 Å². The minimum Gasteiger partial charge on any atom is -0.494 e. The number of urea groups is 1. The highest BCUT2D eigenvalue weighted by molar-refractivity contribution is 5.74. The van der Waals surface area contributed by atoms with Crippen LogP contribution < -0.4 is 10.1 Å². The Morgan fingerprint density at radius 3 is 2.85 bits per heavy atom. The van der Waals surface area contributed by atoms with Gasteiger partial charge in [-0.25, -0.2) is 9.18 Å². The molecule has 1 aliphatic carbocycles. The van der Waals surface area contributed by atoms with Gasteiger partial charge in [0.05, 0.1) is 13.7 Å². The molecule has 5 nitrogen and oxygen atoms in total. The van der Waals surface area contributed by atoms with Gasteiger partial charge in [0.25, 0.3) is 0 Å². The maximum atomic E-state index is 13.5. The van der Waals surface area contributed by atoms with Gasteiger partial charge in [0.1, 0.15) is 0 Å². The molecule has 0 aromatic heterocycles. The molecule has 1 fully saturated rings. The van der Waals surface area contributed by atoms with Gasteiger partial charge in [-0.05, 0) is 30.5 Å². The zero-order chi connectivity index (χ0) is 14.5. The Bertz CT molecular complexity index is 477. The molecule has 1 aromatic rings. The van der Waals surface area contributed by atoms with E-state index in [1.165, 1.54) is 19.2 Å². The average Bonchev–Trinajstić information content (AvgIpc) is 3.26. The van der Waals surface area contributed by atoms with Crippen molar-refractivity contribution in [2.75, 3.05) is 20.3 Å². The van der Waals surface area contributed by atoms with Gasteiger partial charge < -0.3 is 20.1 Å². The van der Waals surface area contributed by atoms with Crippen molar-refractivity contribution in [1.82, 2.24) is 10.2 Å². The van der Waals surface area contributed by atoms with E-state index in [-0.39, 0.29) is 31.0 Å². The number of carbonyl (C=O) groups excluding carboxylic acids is 1. The Balaban J connectivity index is 1.90. The lowest BCUT2D eigenvalue weighted by molar-refractivity contribution is 0.173. The standard InChI is InChI=1S/C14H19FN2O3/c1-20-13-5-2-10(8-12(13)15)9-16-14(19)17(6-7-18)11-3-4-11/h2,5,8,11,18H,3-4,6-7,9H2,1H3,(H,16,19). The molecule has 0 unspecified atom stereocenters. The van der Waals surface area contributed by atoms with Crippen molar-refractivity contribution >= 4 is 6.03 Å².